The van der Waals surface area contributed by atoms with Gasteiger partial charge in [0.1, 0.15) is 11.1 Å². The minimum atomic E-state index is -4.01. The topological polar surface area (TPSA) is 122 Å². The highest BCUT2D eigenvalue weighted by molar-refractivity contribution is 7.98. The summed E-state index contributed by atoms with van der Waals surface area (Å²) in [6.45, 7) is 19.5. The molecule has 0 aliphatic carbocycles. The van der Waals surface area contributed by atoms with E-state index in [-0.39, 0.29) is 30.3 Å². The van der Waals surface area contributed by atoms with Crippen LogP contribution in [0.2, 0.25) is 0 Å². The molecule has 2 aromatic carbocycles. The fourth-order valence-electron chi connectivity index (χ4n) is 4.58. The maximum Gasteiger partial charge on any atom is 0.407 e. The van der Waals surface area contributed by atoms with E-state index in [1.54, 1.807) is 26.8 Å². The van der Waals surface area contributed by atoms with Crippen LogP contribution in [0.3, 0.4) is 0 Å². The van der Waals surface area contributed by atoms with Crippen molar-refractivity contribution in [1.82, 2.24) is 14.6 Å². The summed E-state index contributed by atoms with van der Waals surface area (Å²) in [5.41, 5.74) is 1.09. The molecule has 2 atom stereocenters. The number of rotatable bonds is 14. The summed E-state index contributed by atoms with van der Waals surface area (Å²) in [5, 5.41) is 14.5. The fourth-order valence-corrected chi connectivity index (χ4v) is 6.58. The van der Waals surface area contributed by atoms with E-state index < -0.39 is 33.9 Å². The van der Waals surface area contributed by atoms with E-state index in [2.05, 4.69) is 38.1 Å². The quantitative estimate of drug-likeness (QED) is 0.153. The molecule has 0 fully saturated rings. The zero-order valence-corrected chi connectivity index (χ0v) is 30.9. The number of nitrogens with one attached hydrogen (secondary N) is 1. The molecule has 0 saturated carbocycles. The highest BCUT2D eigenvalue weighted by Crippen LogP contribution is 2.26. The maximum absolute atomic E-state index is 13.7. The molecule has 46 heavy (non-hydrogen) atoms. The molecule has 0 spiro atoms. The number of aliphatic hydroxyl groups is 1. The van der Waals surface area contributed by atoms with Crippen LogP contribution in [0.25, 0.3) is 11.1 Å². The van der Waals surface area contributed by atoms with Gasteiger partial charge in [0.25, 0.3) is 5.22 Å². The number of quaternary nitrogens is 1. The molecule has 12 heteroatoms. The van der Waals surface area contributed by atoms with Crippen LogP contribution in [0.15, 0.2) is 63.1 Å². The first-order valence-electron chi connectivity index (χ1n) is 16.0. The number of fused-ring (bicyclic) bond motifs is 1. The van der Waals surface area contributed by atoms with E-state index in [1.165, 1.54) is 52.3 Å². The summed E-state index contributed by atoms with van der Waals surface area (Å²) in [6, 6.07) is 13.1. The summed E-state index contributed by atoms with van der Waals surface area (Å²) < 4.78 is 41.0. The van der Waals surface area contributed by atoms with Gasteiger partial charge in [0.05, 0.1) is 43.7 Å². The number of aliphatic hydroxyl groups excluding tert-OH is 1. The van der Waals surface area contributed by atoms with Crippen molar-refractivity contribution in [3.63, 3.8) is 0 Å². The molecule has 0 aliphatic rings. The predicted molar refractivity (Wildman–Crippen MR) is 187 cm³/mol. The Balaban J connectivity index is 0.000000812. The molecule has 3 aromatic rings. The van der Waals surface area contributed by atoms with Crippen LogP contribution in [0.4, 0.5) is 4.79 Å². The van der Waals surface area contributed by atoms with Gasteiger partial charge in [0.2, 0.25) is 10.0 Å². The van der Waals surface area contributed by atoms with Gasteiger partial charge in [-0.1, -0.05) is 55.9 Å². The van der Waals surface area contributed by atoms with Crippen molar-refractivity contribution in [2.75, 3.05) is 46.0 Å². The number of hydrogen-bond donors (Lipinski definition) is 2. The van der Waals surface area contributed by atoms with E-state index in [9.17, 15) is 18.3 Å². The van der Waals surface area contributed by atoms with Gasteiger partial charge in [-0.15, -0.1) is 0 Å². The number of nitrogens with zero attached hydrogens (tertiary/aromatic N) is 3. The molecule has 0 radical (unpaired) electrons. The van der Waals surface area contributed by atoms with Crippen LogP contribution in [-0.4, -0.2) is 97.2 Å². The van der Waals surface area contributed by atoms with E-state index in [0.717, 1.165) is 5.56 Å². The molecule has 0 aliphatic heterocycles. The van der Waals surface area contributed by atoms with Crippen LogP contribution in [-0.2, 0) is 21.2 Å². The first-order chi connectivity index (χ1) is 21.5. The second-order valence-electron chi connectivity index (χ2n) is 13.1. The van der Waals surface area contributed by atoms with Crippen LogP contribution in [0.1, 0.15) is 61.0 Å². The third-order valence-corrected chi connectivity index (χ3v) is 10.2. The molecule has 10 nitrogen and oxygen atoms in total. The summed E-state index contributed by atoms with van der Waals surface area (Å²) in [4.78, 5) is 17.0. The molecular weight excluding hydrogens is 625 g/mol. The van der Waals surface area contributed by atoms with Gasteiger partial charge in [-0.3, -0.25) is 0 Å². The van der Waals surface area contributed by atoms with Crippen molar-refractivity contribution in [2.45, 2.75) is 89.7 Å². The molecule has 2 N–H and O–H groups in total. The third kappa shape index (κ3) is 12.2. The van der Waals surface area contributed by atoms with Gasteiger partial charge in [0, 0.05) is 19.2 Å². The Morgan fingerprint density at radius 3 is 2.17 bits per heavy atom. The van der Waals surface area contributed by atoms with Crippen LogP contribution in [0.5, 0.6) is 0 Å². The molecular formula is C34H55N4O6S2+. The summed E-state index contributed by atoms with van der Waals surface area (Å²) in [7, 11) is -1.72. The van der Waals surface area contributed by atoms with Crippen molar-refractivity contribution >= 4 is 39.0 Å². The van der Waals surface area contributed by atoms with E-state index >= 15 is 0 Å². The summed E-state index contributed by atoms with van der Waals surface area (Å²) >= 11 is 1.33. The van der Waals surface area contributed by atoms with Gasteiger partial charge < -0.3 is 24.1 Å². The Morgan fingerprint density at radius 2 is 1.67 bits per heavy atom. The zero-order valence-electron chi connectivity index (χ0n) is 29.2. The Labute approximate surface area is 280 Å². The molecule has 3 rings (SSSR count). The number of carbonyl (C=O) groups is 1. The Kier molecular flexibility index (Phi) is 15.0. The number of thioether (sulfide) groups is 1. The van der Waals surface area contributed by atoms with Gasteiger partial charge in [-0.2, -0.15) is 4.31 Å². The van der Waals surface area contributed by atoms with Crippen molar-refractivity contribution in [3.8, 4) is 0 Å². The lowest BCUT2D eigenvalue weighted by atomic mass is 10.0. The normalized spacial score (nSPS) is 13.8. The number of aromatic nitrogens is 1. The van der Waals surface area contributed by atoms with Gasteiger partial charge in [-0.05, 0) is 77.8 Å². The van der Waals surface area contributed by atoms with E-state index in [1.807, 2.05) is 50.4 Å². The zero-order chi connectivity index (χ0) is 34.7. The second kappa shape index (κ2) is 17.5. The highest BCUT2D eigenvalue weighted by Gasteiger charge is 2.32. The van der Waals surface area contributed by atoms with E-state index in [0.29, 0.717) is 16.3 Å². The average Bonchev–Trinajstić information content (AvgIpc) is 3.42. The van der Waals surface area contributed by atoms with Crippen molar-refractivity contribution in [2.24, 2.45) is 5.92 Å². The first kappa shape index (κ1) is 39.5. The second-order valence-corrected chi connectivity index (χ2v) is 15.8. The number of carbonyl (C=O) groups excluding carboxylic acids is 1. The number of amides is 1. The number of sulfonamides is 1. The number of ether oxygens (including phenoxy) is 1. The van der Waals surface area contributed by atoms with Crippen molar-refractivity contribution in [1.29, 1.82) is 0 Å². The van der Waals surface area contributed by atoms with Gasteiger partial charge in [-0.25, -0.2) is 18.2 Å². The van der Waals surface area contributed by atoms with Gasteiger partial charge in [0.15, 0.2) is 5.58 Å². The smallest absolute Gasteiger partial charge is 0.407 e. The van der Waals surface area contributed by atoms with E-state index in [4.69, 9.17) is 9.15 Å². The van der Waals surface area contributed by atoms with Gasteiger partial charge >= 0.3 is 6.09 Å². The predicted octanol–water partition coefficient (Wildman–Crippen LogP) is 6.19. The standard InChI is InChI=1S/C27H37N3O6S2.C7H18N/c1-18(2)16-30(38(33,34)20-12-13-21-24(15-20)35-26(29-21)37-6)17-23(31)22(14-19-10-8-7-9-11-19)28-25(32)36-27(3,4)5;1-5-8(4,6-2)7-3/h7-13,15,18,22-23,31H,14,16-17H2,1-6H3,(H,28,32);5-7H2,1-4H3/q;+1. The van der Waals surface area contributed by atoms with Crippen LogP contribution < -0.4 is 5.32 Å². The Morgan fingerprint density at radius 1 is 1.07 bits per heavy atom. The number of oxazole rings is 1. The Bertz CT molecular complexity index is 1460. The largest absolute Gasteiger partial charge is 0.444 e. The minimum absolute atomic E-state index is 0.0135. The molecule has 0 bridgehead atoms. The number of hydrogen-bond acceptors (Lipinski definition) is 8. The number of alkyl carbamates (subject to hydrolysis) is 1. The lowest BCUT2D eigenvalue weighted by Crippen LogP contribution is -2.51. The highest BCUT2D eigenvalue weighted by atomic mass is 32.2. The monoisotopic (exact) mass is 679 g/mol. The molecule has 0 saturated heterocycles. The van der Waals surface area contributed by atoms with Crippen LogP contribution >= 0.6 is 11.8 Å². The first-order valence-corrected chi connectivity index (χ1v) is 18.6. The van der Waals surface area contributed by atoms with Crippen LogP contribution in [0, 0.1) is 5.92 Å². The SMILES string of the molecule is CC[N+](C)(CC)CC.CSc1nc2ccc(S(=O)(=O)N(CC(C)C)CC(O)C(Cc3ccccc3)NC(=O)OC(C)(C)C)cc2o1. The fraction of sp³-hybridized carbons (Fsp3) is 0.588. The summed E-state index contributed by atoms with van der Waals surface area (Å²) in [6.07, 6.45) is 0.216. The lowest BCUT2D eigenvalue weighted by Gasteiger charge is -2.31. The molecule has 1 aromatic heterocycles. The third-order valence-electron chi connectivity index (χ3n) is 7.87. The van der Waals surface area contributed by atoms with Crippen molar-refractivity contribution in [3.05, 3.63) is 54.1 Å². The molecule has 1 amide bonds. The minimum Gasteiger partial charge on any atom is -0.444 e. The number of benzene rings is 2. The Hall–Kier alpha value is -2.64. The van der Waals surface area contributed by atoms with Crippen molar-refractivity contribution < 1.29 is 32.0 Å². The lowest BCUT2D eigenvalue weighted by molar-refractivity contribution is -0.904. The average molecular weight is 680 g/mol. The molecule has 1 heterocycles. The summed E-state index contributed by atoms with van der Waals surface area (Å²) in [5.74, 6) is -0.0135. The molecule has 2 unspecified atom stereocenters. The maximum atomic E-state index is 13.7. The molecule has 258 valence electrons.